The van der Waals surface area contributed by atoms with E-state index in [1.165, 1.54) is 58.0 Å². The van der Waals surface area contributed by atoms with E-state index in [1.54, 1.807) is 11.1 Å². The lowest BCUT2D eigenvalue weighted by Crippen LogP contribution is -2.30. The quantitative estimate of drug-likeness (QED) is 0.832. The molecule has 1 aromatic rings. The number of piperidine rings is 1. The summed E-state index contributed by atoms with van der Waals surface area (Å²) >= 11 is 0. The van der Waals surface area contributed by atoms with Gasteiger partial charge in [0.05, 0.1) is 0 Å². The zero-order valence-electron chi connectivity index (χ0n) is 13.8. The molecule has 1 saturated carbocycles. The average Bonchev–Trinajstić information content (AvgIpc) is 2.48. The maximum atomic E-state index is 3.54. The smallest absolute Gasteiger partial charge is 0.00173 e. The van der Waals surface area contributed by atoms with E-state index in [0.29, 0.717) is 5.41 Å². The fourth-order valence-electron chi connectivity index (χ4n) is 4.14. The van der Waals surface area contributed by atoms with Crippen LogP contribution in [0.25, 0.3) is 0 Å². The van der Waals surface area contributed by atoms with E-state index in [9.17, 15) is 0 Å². The van der Waals surface area contributed by atoms with Crippen molar-refractivity contribution < 1.29 is 0 Å². The van der Waals surface area contributed by atoms with Gasteiger partial charge in [0, 0.05) is 0 Å². The molecule has 116 valence electrons. The summed E-state index contributed by atoms with van der Waals surface area (Å²) in [5.74, 6) is 1.65. The van der Waals surface area contributed by atoms with Crippen molar-refractivity contribution in [1.82, 2.24) is 5.32 Å². The summed E-state index contributed by atoms with van der Waals surface area (Å²) in [7, 11) is 0. The molecule has 1 aromatic carbocycles. The molecule has 1 aliphatic carbocycles. The minimum absolute atomic E-state index is 0.571. The highest BCUT2D eigenvalue weighted by molar-refractivity contribution is 5.27. The first-order chi connectivity index (χ1) is 10.1. The van der Waals surface area contributed by atoms with E-state index >= 15 is 0 Å². The predicted octanol–water partition coefficient (Wildman–Crippen LogP) is 4.91. The number of hydrogen-bond acceptors (Lipinski definition) is 1. The van der Waals surface area contributed by atoms with Crippen molar-refractivity contribution >= 4 is 0 Å². The van der Waals surface area contributed by atoms with Crippen molar-refractivity contribution in [2.24, 2.45) is 11.3 Å². The third-order valence-electron chi connectivity index (χ3n) is 5.68. The largest absolute Gasteiger partial charge is 0.316 e. The molecule has 21 heavy (non-hydrogen) atoms. The maximum absolute atomic E-state index is 3.54. The highest BCUT2D eigenvalue weighted by Gasteiger charge is 2.27. The molecule has 0 bridgehead atoms. The van der Waals surface area contributed by atoms with Crippen LogP contribution >= 0.6 is 0 Å². The fraction of sp³-hybridized carbons (Fsp3) is 0.700. The number of benzene rings is 1. The number of rotatable bonds is 3. The summed E-state index contributed by atoms with van der Waals surface area (Å²) in [6.07, 6.45) is 9.53. The second-order valence-electron chi connectivity index (χ2n) is 8.10. The van der Waals surface area contributed by atoms with Gasteiger partial charge in [-0.25, -0.2) is 0 Å². The highest BCUT2D eigenvalue weighted by Crippen LogP contribution is 2.42. The third-order valence-corrected chi connectivity index (χ3v) is 5.68. The van der Waals surface area contributed by atoms with Gasteiger partial charge < -0.3 is 5.32 Å². The van der Waals surface area contributed by atoms with Crippen LogP contribution in [0.4, 0.5) is 0 Å². The fourth-order valence-corrected chi connectivity index (χ4v) is 4.14. The summed E-state index contributed by atoms with van der Waals surface area (Å²) in [5.41, 5.74) is 3.74. The van der Waals surface area contributed by atoms with Crippen LogP contribution in [0.2, 0.25) is 0 Å². The van der Waals surface area contributed by atoms with E-state index in [-0.39, 0.29) is 0 Å². The van der Waals surface area contributed by atoms with Crippen molar-refractivity contribution in [1.29, 1.82) is 0 Å². The van der Waals surface area contributed by atoms with E-state index in [0.717, 1.165) is 11.8 Å². The lowest BCUT2D eigenvalue weighted by atomic mass is 9.71. The molecule has 2 aliphatic rings. The van der Waals surface area contributed by atoms with Gasteiger partial charge in [-0.1, -0.05) is 38.1 Å². The van der Waals surface area contributed by atoms with Crippen LogP contribution in [0.5, 0.6) is 0 Å². The second-order valence-corrected chi connectivity index (χ2v) is 8.10. The minimum Gasteiger partial charge on any atom is -0.316 e. The van der Waals surface area contributed by atoms with Crippen LogP contribution < -0.4 is 5.32 Å². The molecule has 1 nitrogen and oxygen atoms in total. The Morgan fingerprint density at radius 1 is 1.14 bits per heavy atom. The summed E-state index contributed by atoms with van der Waals surface area (Å²) in [5, 5.41) is 3.54. The Kier molecular flexibility index (Phi) is 4.69. The minimum atomic E-state index is 0.571. The molecule has 1 N–H and O–H groups in total. The van der Waals surface area contributed by atoms with Gasteiger partial charge in [-0.3, -0.25) is 0 Å². The molecular weight excluding hydrogens is 254 g/mol. The van der Waals surface area contributed by atoms with Gasteiger partial charge in [-0.05, 0) is 86.4 Å². The molecule has 1 aliphatic heterocycles. The van der Waals surface area contributed by atoms with E-state index in [4.69, 9.17) is 0 Å². The van der Waals surface area contributed by atoms with Crippen molar-refractivity contribution in [3.05, 3.63) is 35.4 Å². The molecule has 1 heteroatoms. The molecule has 3 rings (SSSR count). The summed E-state index contributed by atoms with van der Waals surface area (Å²) < 4.78 is 0. The first kappa shape index (κ1) is 15.1. The number of hydrogen-bond donors (Lipinski definition) is 1. The van der Waals surface area contributed by atoms with Crippen LogP contribution in [0.3, 0.4) is 0 Å². The molecule has 0 amide bonds. The molecule has 0 spiro atoms. The first-order valence-corrected chi connectivity index (χ1v) is 8.92. The van der Waals surface area contributed by atoms with E-state index in [1.807, 2.05) is 0 Å². The van der Waals surface area contributed by atoms with Gasteiger partial charge in [0.1, 0.15) is 0 Å². The van der Waals surface area contributed by atoms with E-state index in [2.05, 4.69) is 43.4 Å². The van der Waals surface area contributed by atoms with Crippen LogP contribution in [-0.4, -0.2) is 13.1 Å². The molecule has 1 unspecified atom stereocenters. The van der Waals surface area contributed by atoms with Crippen molar-refractivity contribution in [3.63, 3.8) is 0 Å². The van der Waals surface area contributed by atoms with Gasteiger partial charge in [0.25, 0.3) is 0 Å². The molecular formula is C20H31N. The SMILES string of the molecule is CC1(C)CCC(c2cccc(CC3CCCNC3)c2)CC1. The highest BCUT2D eigenvalue weighted by atomic mass is 14.9. The summed E-state index contributed by atoms with van der Waals surface area (Å²) in [4.78, 5) is 0. The van der Waals surface area contributed by atoms with Gasteiger partial charge >= 0.3 is 0 Å². The Labute approximate surface area is 130 Å². The first-order valence-electron chi connectivity index (χ1n) is 8.92. The van der Waals surface area contributed by atoms with E-state index < -0.39 is 0 Å². The van der Waals surface area contributed by atoms with Crippen LogP contribution in [0, 0.1) is 11.3 Å². The van der Waals surface area contributed by atoms with Gasteiger partial charge in [0.15, 0.2) is 0 Å². The van der Waals surface area contributed by atoms with Crippen molar-refractivity contribution in [3.8, 4) is 0 Å². The Bertz CT molecular complexity index is 447. The Balaban J connectivity index is 1.63. The van der Waals surface area contributed by atoms with Crippen LogP contribution in [-0.2, 0) is 6.42 Å². The Morgan fingerprint density at radius 3 is 2.67 bits per heavy atom. The normalized spacial score (nSPS) is 26.7. The lowest BCUT2D eigenvalue weighted by Gasteiger charge is -2.34. The molecule has 2 fully saturated rings. The molecule has 0 radical (unpaired) electrons. The predicted molar refractivity (Wildman–Crippen MR) is 90.7 cm³/mol. The monoisotopic (exact) mass is 285 g/mol. The van der Waals surface area contributed by atoms with Crippen molar-refractivity contribution in [2.75, 3.05) is 13.1 Å². The standard InChI is InChI=1S/C20H31N/c1-20(2)10-8-18(9-11-20)19-7-3-5-16(14-19)13-17-6-4-12-21-15-17/h3,5,7,14,17-18,21H,4,6,8-13,15H2,1-2H3. The Morgan fingerprint density at radius 2 is 1.95 bits per heavy atom. The number of nitrogens with one attached hydrogen (secondary N) is 1. The van der Waals surface area contributed by atoms with Gasteiger partial charge in [-0.15, -0.1) is 0 Å². The summed E-state index contributed by atoms with van der Waals surface area (Å²) in [6.45, 7) is 7.28. The maximum Gasteiger partial charge on any atom is -0.00173 e. The van der Waals surface area contributed by atoms with Crippen molar-refractivity contribution in [2.45, 2.75) is 64.7 Å². The summed E-state index contributed by atoms with van der Waals surface area (Å²) in [6, 6.07) is 9.51. The third kappa shape index (κ3) is 4.10. The zero-order valence-corrected chi connectivity index (χ0v) is 13.8. The molecule has 1 saturated heterocycles. The van der Waals surface area contributed by atoms with Gasteiger partial charge in [-0.2, -0.15) is 0 Å². The molecule has 0 aromatic heterocycles. The topological polar surface area (TPSA) is 12.0 Å². The second kappa shape index (κ2) is 6.52. The van der Waals surface area contributed by atoms with Crippen LogP contribution in [0.15, 0.2) is 24.3 Å². The van der Waals surface area contributed by atoms with Gasteiger partial charge in [0.2, 0.25) is 0 Å². The molecule has 1 atom stereocenters. The van der Waals surface area contributed by atoms with Crippen LogP contribution in [0.1, 0.15) is 69.4 Å². The lowest BCUT2D eigenvalue weighted by molar-refractivity contribution is 0.224. The zero-order chi connectivity index (χ0) is 14.7. The Hall–Kier alpha value is -0.820. The average molecular weight is 285 g/mol. The molecule has 1 heterocycles.